The maximum absolute atomic E-state index is 12.1. The predicted octanol–water partition coefficient (Wildman–Crippen LogP) is 3.42. The zero-order chi connectivity index (χ0) is 18.7. The summed E-state index contributed by atoms with van der Waals surface area (Å²) in [6.07, 6.45) is 5.15. The number of fused-ring (bicyclic) bond motifs is 2. The summed E-state index contributed by atoms with van der Waals surface area (Å²) < 4.78 is 0. The molecule has 6 heteroatoms. The highest BCUT2D eigenvalue weighted by Gasteiger charge is 2.42. The third kappa shape index (κ3) is 4.98. The topological polar surface area (TPSA) is 61.4 Å². The summed E-state index contributed by atoms with van der Waals surface area (Å²) in [5, 5.41) is 6.09. The Bertz CT molecular complexity index is 666. The number of hydrogen-bond donors (Lipinski definition) is 2. The molecule has 2 N–H and O–H groups in total. The summed E-state index contributed by atoms with van der Waals surface area (Å²) in [5.74, 6) is 1.85. The Balaban J connectivity index is 1.40. The summed E-state index contributed by atoms with van der Waals surface area (Å²) in [4.78, 5) is 26.1. The van der Waals surface area contributed by atoms with Crippen LogP contribution in [0.5, 0.6) is 0 Å². The van der Waals surface area contributed by atoms with Crippen LogP contribution in [0.1, 0.15) is 38.2 Å². The lowest BCUT2D eigenvalue weighted by Gasteiger charge is -2.28. The van der Waals surface area contributed by atoms with Crippen LogP contribution in [0.2, 0.25) is 5.02 Å². The zero-order valence-corrected chi connectivity index (χ0v) is 16.3. The van der Waals surface area contributed by atoms with E-state index in [1.807, 2.05) is 36.2 Å². The van der Waals surface area contributed by atoms with Crippen molar-refractivity contribution in [2.45, 2.75) is 45.2 Å². The molecular weight excluding hydrogens is 350 g/mol. The second-order valence-corrected chi connectivity index (χ2v) is 8.39. The molecule has 0 radical (unpaired) electrons. The molecule has 0 saturated heterocycles. The molecule has 4 atom stereocenters. The fourth-order valence-corrected chi connectivity index (χ4v) is 4.88. The van der Waals surface area contributed by atoms with E-state index in [2.05, 4.69) is 17.6 Å². The average molecular weight is 378 g/mol. The van der Waals surface area contributed by atoms with Crippen molar-refractivity contribution in [3.05, 3.63) is 34.9 Å². The maximum atomic E-state index is 12.1. The van der Waals surface area contributed by atoms with E-state index in [1.165, 1.54) is 25.7 Å². The van der Waals surface area contributed by atoms with Gasteiger partial charge in [-0.3, -0.25) is 15.0 Å². The highest BCUT2D eigenvalue weighted by molar-refractivity contribution is 6.30. The van der Waals surface area contributed by atoms with Gasteiger partial charge in [-0.25, -0.2) is 4.79 Å². The van der Waals surface area contributed by atoms with Gasteiger partial charge in [0.05, 0.1) is 6.54 Å². The lowest BCUT2D eigenvalue weighted by molar-refractivity contribution is -0.121. The Morgan fingerprint density at radius 2 is 2.12 bits per heavy atom. The van der Waals surface area contributed by atoms with E-state index in [0.717, 1.165) is 17.4 Å². The lowest BCUT2D eigenvalue weighted by Crippen LogP contribution is -2.48. The largest absolute Gasteiger partial charge is 0.335 e. The molecule has 0 aliphatic heterocycles. The van der Waals surface area contributed by atoms with Gasteiger partial charge >= 0.3 is 6.03 Å². The van der Waals surface area contributed by atoms with Crippen LogP contribution in [-0.4, -0.2) is 36.5 Å². The van der Waals surface area contributed by atoms with E-state index < -0.39 is 0 Å². The minimum absolute atomic E-state index is 0.113. The number of halogens is 1. The van der Waals surface area contributed by atoms with E-state index in [9.17, 15) is 9.59 Å². The zero-order valence-electron chi connectivity index (χ0n) is 15.5. The van der Waals surface area contributed by atoms with E-state index in [-0.39, 0.29) is 24.5 Å². The molecule has 5 nitrogen and oxygen atoms in total. The van der Waals surface area contributed by atoms with Crippen LogP contribution in [0.4, 0.5) is 4.79 Å². The van der Waals surface area contributed by atoms with Crippen molar-refractivity contribution in [3.63, 3.8) is 0 Å². The van der Waals surface area contributed by atoms with Crippen LogP contribution in [0.15, 0.2) is 24.3 Å². The number of imide groups is 1. The van der Waals surface area contributed by atoms with Gasteiger partial charge in [-0.15, -0.1) is 0 Å². The molecule has 0 aromatic heterocycles. The minimum Gasteiger partial charge on any atom is -0.335 e. The molecule has 1 aromatic carbocycles. The van der Waals surface area contributed by atoms with Crippen molar-refractivity contribution in [2.75, 3.05) is 13.6 Å². The molecule has 26 heavy (non-hydrogen) atoms. The van der Waals surface area contributed by atoms with Crippen LogP contribution >= 0.6 is 11.6 Å². The van der Waals surface area contributed by atoms with Crippen molar-refractivity contribution >= 4 is 23.5 Å². The summed E-state index contributed by atoms with van der Waals surface area (Å²) in [6, 6.07) is 7.27. The van der Waals surface area contributed by atoms with Gasteiger partial charge in [-0.2, -0.15) is 0 Å². The van der Waals surface area contributed by atoms with Gasteiger partial charge in [-0.1, -0.05) is 30.2 Å². The van der Waals surface area contributed by atoms with E-state index in [4.69, 9.17) is 11.6 Å². The maximum Gasteiger partial charge on any atom is 0.321 e. The van der Waals surface area contributed by atoms with Crippen LogP contribution in [0.3, 0.4) is 0 Å². The molecule has 3 amide bonds. The third-order valence-corrected chi connectivity index (χ3v) is 6.04. The van der Waals surface area contributed by atoms with E-state index in [1.54, 1.807) is 0 Å². The van der Waals surface area contributed by atoms with Gasteiger partial charge < -0.3 is 5.32 Å². The number of nitrogens with zero attached hydrogens (tertiary/aromatic N) is 1. The second kappa shape index (κ2) is 8.40. The SMILES string of the molecule is CC(NC(=O)NC(=O)CN(C)Cc1cccc(Cl)c1)C1CC2CCC1C2. The predicted molar refractivity (Wildman–Crippen MR) is 103 cm³/mol. The van der Waals surface area contributed by atoms with Crippen LogP contribution in [0.25, 0.3) is 0 Å². The van der Waals surface area contributed by atoms with Gasteiger partial charge in [0.25, 0.3) is 0 Å². The number of likely N-dealkylation sites (N-methyl/N-ethyl adjacent to an activating group) is 1. The Hall–Kier alpha value is -1.59. The van der Waals surface area contributed by atoms with Crippen LogP contribution in [0, 0.1) is 17.8 Å². The fraction of sp³-hybridized carbons (Fsp3) is 0.600. The Morgan fingerprint density at radius 3 is 2.77 bits per heavy atom. The number of benzene rings is 1. The number of nitrogens with one attached hydrogen (secondary N) is 2. The molecule has 0 spiro atoms. The quantitative estimate of drug-likeness (QED) is 0.798. The third-order valence-electron chi connectivity index (χ3n) is 5.80. The highest BCUT2D eigenvalue weighted by atomic mass is 35.5. The van der Waals surface area contributed by atoms with Gasteiger partial charge in [0.1, 0.15) is 0 Å². The van der Waals surface area contributed by atoms with Crippen molar-refractivity contribution in [1.29, 1.82) is 0 Å². The van der Waals surface area contributed by atoms with Gasteiger partial charge in [0, 0.05) is 17.6 Å². The monoisotopic (exact) mass is 377 g/mol. The first kappa shape index (κ1) is 19.2. The lowest BCUT2D eigenvalue weighted by atomic mass is 9.84. The molecule has 1 aromatic rings. The van der Waals surface area contributed by atoms with Gasteiger partial charge in [-0.05, 0) is 68.7 Å². The number of carbonyl (C=O) groups is 2. The van der Waals surface area contributed by atoms with Crippen LogP contribution in [-0.2, 0) is 11.3 Å². The fourth-order valence-electron chi connectivity index (χ4n) is 4.67. The smallest absolute Gasteiger partial charge is 0.321 e. The van der Waals surface area contributed by atoms with Gasteiger partial charge in [0.15, 0.2) is 0 Å². The van der Waals surface area contributed by atoms with E-state index >= 15 is 0 Å². The number of urea groups is 1. The molecule has 4 unspecified atom stereocenters. The average Bonchev–Trinajstić information content (AvgIpc) is 3.17. The number of rotatable bonds is 6. The summed E-state index contributed by atoms with van der Waals surface area (Å²) >= 11 is 5.98. The molecule has 2 saturated carbocycles. The summed E-state index contributed by atoms with van der Waals surface area (Å²) in [7, 11) is 1.84. The first-order valence-corrected chi connectivity index (χ1v) is 9.82. The molecule has 2 bridgehead atoms. The molecular formula is C20H28ClN3O2. The molecule has 3 rings (SSSR count). The summed E-state index contributed by atoms with van der Waals surface area (Å²) in [6.45, 7) is 2.81. The first-order chi connectivity index (χ1) is 12.4. The number of carbonyl (C=O) groups excluding carboxylic acids is 2. The normalized spacial score (nSPS) is 25.3. The molecule has 0 heterocycles. The van der Waals surface area contributed by atoms with Crippen molar-refractivity contribution in [2.24, 2.45) is 17.8 Å². The molecule has 2 fully saturated rings. The molecule has 2 aliphatic carbocycles. The summed E-state index contributed by atoms with van der Waals surface area (Å²) in [5.41, 5.74) is 1.03. The molecule has 142 valence electrons. The Kier molecular flexibility index (Phi) is 6.20. The van der Waals surface area contributed by atoms with Gasteiger partial charge in [0.2, 0.25) is 5.91 Å². The Morgan fingerprint density at radius 1 is 1.31 bits per heavy atom. The van der Waals surface area contributed by atoms with E-state index in [0.29, 0.717) is 17.5 Å². The second-order valence-electron chi connectivity index (χ2n) is 7.95. The standard InChI is InChI=1S/C20H28ClN3O2/c1-13(18-10-14-6-7-16(18)8-14)22-20(26)23-19(25)12-24(2)11-15-4-3-5-17(21)9-15/h3-5,9,13-14,16,18H,6-8,10-12H2,1-2H3,(H2,22,23,25,26). The first-order valence-electron chi connectivity index (χ1n) is 9.44. The Labute approximate surface area is 160 Å². The van der Waals surface area contributed by atoms with Crippen molar-refractivity contribution in [3.8, 4) is 0 Å². The molecule has 2 aliphatic rings. The number of hydrogen-bond acceptors (Lipinski definition) is 3. The number of amides is 3. The van der Waals surface area contributed by atoms with Crippen molar-refractivity contribution in [1.82, 2.24) is 15.5 Å². The minimum atomic E-state index is -0.388. The highest BCUT2D eigenvalue weighted by Crippen LogP contribution is 2.49. The van der Waals surface area contributed by atoms with Crippen LogP contribution < -0.4 is 10.6 Å². The van der Waals surface area contributed by atoms with Crippen molar-refractivity contribution < 1.29 is 9.59 Å².